The SMILES string of the molecule is CN(C)S(=O)(=O)c1cc(NC(=O)COC(=O)Cc2cccs2)ccc1Cl. The van der Waals surface area contributed by atoms with Gasteiger partial charge < -0.3 is 10.1 Å². The minimum Gasteiger partial charge on any atom is -0.455 e. The minimum atomic E-state index is -3.75. The number of carbonyl (C=O) groups is 2. The molecular formula is C16H17ClN2O5S2. The van der Waals surface area contributed by atoms with Crippen molar-refractivity contribution in [1.29, 1.82) is 0 Å². The van der Waals surface area contributed by atoms with Gasteiger partial charge in [0.2, 0.25) is 10.0 Å². The summed E-state index contributed by atoms with van der Waals surface area (Å²) in [5, 5.41) is 4.36. The zero-order valence-corrected chi connectivity index (χ0v) is 16.5. The fraction of sp³-hybridized carbons (Fsp3) is 0.250. The van der Waals surface area contributed by atoms with E-state index in [9.17, 15) is 18.0 Å². The second-order valence-corrected chi connectivity index (χ2v) is 8.96. The number of hydrogen-bond acceptors (Lipinski definition) is 6. The molecule has 2 rings (SSSR count). The molecule has 2 aromatic rings. The van der Waals surface area contributed by atoms with Crippen LogP contribution in [-0.2, 0) is 30.8 Å². The van der Waals surface area contributed by atoms with E-state index in [1.54, 1.807) is 6.07 Å². The number of nitrogens with one attached hydrogen (secondary N) is 1. The highest BCUT2D eigenvalue weighted by Gasteiger charge is 2.21. The van der Waals surface area contributed by atoms with Crippen LogP contribution in [0.1, 0.15) is 4.88 Å². The van der Waals surface area contributed by atoms with Gasteiger partial charge in [-0.25, -0.2) is 12.7 Å². The number of sulfonamides is 1. The Balaban J connectivity index is 1.98. The molecule has 0 atom stereocenters. The third-order valence-electron chi connectivity index (χ3n) is 3.24. The van der Waals surface area contributed by atoms with Gasteiger partial charge in [0.25, 0.3) is 5.91 Å². The van der Waals surface area contributed by atoms with Crippen molar-refractivity contribution in [3.63, 3.8) is 0 Å². The van der Waals surface area contributed by atoms with Crippen molar-refractivity contribution in [2.24, 2.45) is 0 Å². The zero-order chi connectivity index (χ0) is 19.3. The Bertz CT molecular complexity index is 895. The molecule has 1 aromatic carbocycles. The molecule has 0 aliphatic rings. The third-order valence-corrected chi connectivity index (χ3v) is 6.41. The van der Waals surface area contributed by atoms with E-state index in [1.807, 2.05) is 11.4 Å². The molecule has 10 heteroatoms. The van der Waals surface area contributed by atoms with Crippen LogP contribution in [0.2, 0.25) is 5.02 Å². The van der Waals surface area contributed by atoms with Crippen molar-refractivity contribution in [2.75, 3.05) is 26.0 Å². The number of rotatable bonds is 7. The molecule has 0 saturated carbocycles. The fourth-order valence-corrected chi connectivity index (χ4v) is 4.01. The molecular weight excluding hydrogens is 400 g/mol. The number of thiophene rings is 1. The number of halogens is 1. The molecule has 0 spiro atoms. The standard InChI is InChI=1S/C16H17ClN2O5S2/c1-19(2)26(22,23)14-8-11(5-6-13(14)17)18-15(20)10-24-16(21)9-12-4-3-7-25-12/h3-8H,9-10H2,1-2H3,(H,18,20). The molecule has 0 aliphatic carbocycles. The van der Waals surface area contributed by atoms with Gasteiger partial charge in [0.1, 0.15) is 4.90 Å². The summed E-state index contributed by atoms with van der Waals surface area (Å²) >= 11 is 7.37. The maximum Gasteiger partial charge on any atom is 0.311 e. The van der Waals surface area contributed by atoms with Crippen LogP contribution in [0, 0.1) is 0 Å². The lowest BCUT2D eigenvalue weighted by Gasteiger charge is -2.14. The second-order valence-electron chi connectivity index (χ2n) is 5.40. The Hall–Kier alpha value is -1.94. The summed E-state index contributed by atoms with van der Waals surface area (Å²) in [5.74, 6) is -1.10. The number of benzene rings is 1. The molecule has 26 heavy (non-hydrogen) atoms. The molecule has 0 unspecified atom stereocenters. The molecule has 0 bridgehead atoms. The van der Waals surface area contributed by atoms with Crippen molar-refractivity contribution in [2.45, 2.75) is 11.3 Å². The lowest BCUT2D eigenvalue weighted by atomic mass is 10.3. The maximum absolute atomic E-state index is 12.2. The molecule has 1 aromatic heterocycles. The Labute approximate surface area is 160 Å². The van der Waals surface area contributed by atoms with E-state index in [4.69, 9.17) is 16.3 Å². The fourth-order valence-electron chi connectivity index (χ4n) is 1.93. The predicted molar refractivity (Wildman–Crippen MR) is 99.9 cm³/mol. The van der Waals surface area contributed by atoms with E-state index < -0.39 is 28.5 Å². The average Bonchev–Trinajstić information content (AvgIpc) is 3.07. The number of esters is 1. The molecule has 7 nitrogen and oxygen atoms in total. The van der Waals surface area contributed by atoms with Crippen molar-refractivity contribution >= 4 is 50.5 Å². The van der Waals surface area contributed by atoms with Gasteiger partial charge in [-0.1, -0.05) is 17.7 Å². The van der Waals surface area contributed by atoms with Crippen LogP contribution >= 0.6 is 22.9 Å². The number of carbonyl (C=O) groups excluding carboxylic acids is 2. The van der Waals surface area contributed by atoms with Crippen LogP contribution in [0.15, 0.2) is 40.6 Å². The first-order chi connectivity index (χ1) is 12.2. The smallest absolute Gasteiger partial charge is 0.311 e. The minimum absolute atomic E-state index is 0.0408. The summed E-state index contributed by atoms with van der Waals surface area (Å²) in [5.41, 5.74) is 0.231. The monoisotopic (exact) mass is 416 g/mol. The average molecular weight is 417 g/mol. The summed E-state index contributed by atoms with van der Waals surface area (Å²) in [6.45, 7) is -0.470. The Morgan fingerprint density at radius 1 is 1.27 bits per heavy atom. The third kappa shape index (κ3) is 5.28. The Morgan fingerprint density at radius 3 is 2.62 bits per heavy atom. The quantitative estimate of drug-likeness (QED) is 0.699. The number of amides is 1. The van der Waals surface area contributed by atoms with Crippen LogP contribution in [0.3, 0.4) is 0 Å². The topological polar surface area (TPSA) is 92.8 Å². The molecule has 0 fully saturated rings. The van der Waals surface area contributed by atoms with Crippen LogP contribution in [0.25, 0.3) is 0 Å². The maximum atomic E-state index is 12.2. The van der Waals surface area contributed by atoms with Crippen LogP contribution < -0.4 is 5.32 Å². The van der Waals surface area contributed by atoms with Crippen molar-refractivity contribution in [1.82, 2.24) is 4.31 Å². The molecule has 140 valence electrons. The van der Waals surface area contributed by atoms with Crippen LogP contribution in [0.4, 0.5) is 5.69 Å². The highest BCUT2D eigenvalue weighted by molar-refractivity contribution is 7.89. The summed E-state index contributed by atoms with van der Waals surface area (Å²) < 4.78 is 30.4. The van der Waals surface area contributed by atoms with Gasteiger partial charge in [-0.2, -0.15) is 0 Å². The van der Waals surface area contributed by atoms with E-state index in [-0.39, 0.29) is 22.0 Å². The summed E-state index contributed by atoms with van der Waals surface area (Å²) in [7, 11) is -0.997. The zero-order valence-electron chi connectivity index (χ0n) is 14.1. The number of hydrogen-bond donors (Lipinski definition) is 1. The molecule has 1 amide bonds. The second kappa shape index (κ2) is 8.63. The summed E-state index contributed by atoms with van der Waals surface area (Å²) in [6, 6.07) is 7.70. The van der Waals surface area contributed by atoms with Gasteiger partial charge in [0, 0.05) is 24.7 Å². The van der Waals surface area contributed by atoms with Crippen LogP contribution in [0.5, 0.6) is 0 Å². The Kier molecular flexibility index (Phi) is 6.76. The van der Waals surface area contributed by atoms with Crippen LogP contribution in [-0.4, -0.2) is 45.3 Å². The first kappa shape index (κ1) is 20.4. The lowest BCUT2D eigenvalue weighted by molar-refractivity contribution is -0.146. The van der Waals surface area contributed by atoms with E-state index in [2.05, 4.69) is 5.32 Å². The summed E-state index contributed by atoms with van der Waals surface area (Å²) in [4.78, 5) is 24.3. The first-order valence-electron chi connectivity index (χ1n) is 7.40. The van der Waals surface area contributed by atoms with E-state index in [1.165, 1.54) is 43.6 Å². The molecule has 0 radical (unpaired) electrons. The van der Waals surface area contributed by atoms with Crippen molar-refractivity contribution < 1.29 is 22.7 Å². The molecule has 1 N–H and O–H groups in total. The van der Waals surface area contributed by atoms with Gasteiger partial charge >= 0.3 is 5.97 Å². The van der Waals surface area contributed by atoms with Gasteiger partial charge in [-0.05, 0) is 29.6 Å². The predicted octanol–water partition coefficient (Wildman–Crippen LogP) is 2.38. The molecule has 0 aliphatic heterocycles. The van der Waals surface area contributed by atoms with Gasteiger partial charge in [-0.3, -0.25) is 9.59 Å². The summed E-state index contributed by atoms with van der Waals surface area (Å²) in [6.07, 6.45) is 0.0944. The van der Waals surface area contributed by atoms with Crippen molar-refractivity contribution in [3.05, 3.63) is 45.6 Å². The van der Waals surface area contributed by atoms with E-state index in [0.717, 1.165) is 9.18 Å². The Morgan fingerprint density at radius 2 is 2.00 bits per heavy atom. The number of nitrogens with zero attached hydrogens (tertiary/aromatic N) is 1. The molecule has 0 saturated heterocycles. The first-order valence-corrected chi connectivity index (χ1v) is 10.1. The highest BCUT2D eigenvalue weighted by atomic mass is 35.5. The lowest BCUT2D eigenvalue weighted by Crippen LogP contribution is -2.24. The number of anilines is 1. The highest BCUT2D eigenvalue weighted by Crippen LogP contribution is 2.26. The van der Waals surface area contributed by atoms with E-state index in [0.29, 0.717) is 0 Å². The molecule has 1 heterocycles. The van der Waals surface area contributed by atoms with Gasteiger partial charge in [0.05, 0.1) is 11.4 Å². The van der Waals surface area contributed by atoms with Gasteiger partial charge in [-0.15, -0.1) is 11.3 Å². The van der Waals surface area contributed by atoms with Crippen molar-refractivity contribution in [3.8, 4) is 0 Å². The number of ether oxygens (including phenoxy) is 1. The van der Waals surface area contributed by atoms with Gasteiger partial charge in [0.15, 0.2) is 6.61 Å². The van der Waals surface area contributed by atoms with E-state index >= 15 is 0 Å². The normalized spacial score (nSPS) is 11.4. The largest absolute Gasteiger partial charge is 0.455 e.